The Morgan fingerprint density at radius 1 is 1.04 bits per heavy atom. The fourth-order valence-corrected chi connectivity index (χ4v) is 9.17. The van der Waals surface area contributed by atoms with Gasteiger partial charge in [0.2, 0.25) is 0 Å². The largest absolute Gasteiger partial charge is 0.462 e. The van der Waals surface area contributed by atoms with Gasteiger partial charge in [-0.1, -0.05) is 83.3 Å². The summed E-state index contributed by atoms with van der Waals surface area (Å²) in [5, 5.41) is 12.8. The van der Waals surface area contributed by atoms with E-state index in [1.807, 2.05) is 13.0 Å². The molecule has 0 aromatic heterocycles. The summed E-state index contributed by atoms with van der Waals surface area (Å²) in [6, 6.07) is 0. The minimum absolute atomic E-state index is 0.0763. The van der Waals surface area contributed by atoms with Crippen molar-refractivity contribution < 1.29 is 43.1 Å². The molecule has 2 bridgehead atoms. The van der Waals surface area contributed by atoms with Crippen LogP contribution in [-0.4, -0.2) is 77.3 Å². The standard InChI is InChI=1S/C40H60O9/c1-7-9-10-11-12-13-34(41)46-35-28(6)21-31-37(42)45-30-22-29(47-38(23-30)19-18-27(5)32(8-2)48-38)16-14-25(3)20-26(4)15-17-33-39(49-33)24-44-36(35)40(31,39)43/h14-15,17,21,26-27,29-33,35-36,43H,7-13,16,18-20,22-24H2,1-6H3/b17-15-,25-14-/t26-,27-,29+,30-,31-,32+,33-,35+,36+,38+,39+,40+/m0/s1. The number of unbranched alkanes of at least 4 members (excludes halogenated alkanes) is 4. The highest BCUT2D eigenvalue weighted by Crippen LogP contribution is 2.59. The van der Waals surface area contributed by atoms with Crippen LogP contribution in [0.25, 0.3) is 0 Å². The molecule has 4 fully saturated rings. The van der Waals surface area contributed by atoms with E-state index in [1.165, 1.54) is 5.57 Å². The molecule has 49 heavy (non-hydrogen) atoms. The number of carbonyl (C=O) groups is 2. The van der Waals surface area contributed by atoms with E-state index in [9.17, 15) is 14.7 Å². The maximum atomic E-state index is 14.4. The van der Waals surface area contributed by atoms with Gasteiger partial charge in [-0.25, -0.2) is 0 Å². The van der Waals surface area contributed by atoms with Gasteiger partial charge in [-0.15, -0.1) is 0 Å². The number of fused-ring (bicyclic) bond motifs is 2. The van der Waals surface area contributed by atoms with Gasteiger partial charge in [-0.3, -0.25) is 9.59 Å². The van der Waals surface area contributed by atoms with Gasteiger partial charge in [-0.2, -0.15) is 0 Å². The molecule has 9 heteroatoms. The molecule has 12 atom stereocenters. The van der Waals surface area contributed by atoms with Gasteiger partial charge < -0.3 is 33.5 Å². The van der Waals surface area contributed by atoms with E-state index < -0.39 is 53.3 Å². The number of aliphatic hydroxyl groups is 1. The van der Waals surface area contributed by atoms with Gasteiger partial charge in [0, 0.05) is 25.7 Å². The second-order valence-corrected chi connectivity index (χ2v) is 16.0. The SMILES string of the molecule is CCCCCCCC(=O)O[C@@H]1C(C)=C[C@H]2C(=O)O[C@H]3C[C@@H](C/C=C(/C)C[C@@H](C)/C=C\[C@@H]4O[C@]45CO[C@H]1[C@]25O)O[C@@]1(CC[C@H](C)[C@@H](CC)O1)C3. The van der Waals surface area contributed by atoms with Crippen molar-refractivity contribution in [1.82, 2.24) is 0 Å². The fourth-order valence-electron chi connectivity index (χ4n) is 9.17. The molecule has 0 radical (unpaired) electrons. The maximum Gasteiger partial charge on any atom is 0.316 e. The lowest BCUT2D eigenvalue weighted by molar-refractivity contribution is -0.335. The smallest absolute Gasteiger partial charge is 0.316 e. The molecule has 2 spiro atoms. The summed E-state index contributed by atoms with van der Waals surface area (Å²) in [5.74, 6) is -2.08. The molecule has 6 rings (SSSR count). The third-order valence-electron chi connectivity index (χ3n) is 12.1. The van der Waals surface area contributed by atoms with Crippen LogP contribution in [0.2, 0.25) is 0 Å². The zero-order valence-electron chi connectivity index (χ0n) is 30.6. The Hall–Kier alpha value is -2.04. The molecular weight excluding hydrogens is 624 g/mol. The summed E-state index contributed by atoms with van der Waals surface area (Å²) in [4.78, 5) is 27.5. The summed E-state index contributed by atoms with van der Waals surface area (Å²) in [6.07, 6.45) is 15.9. The molecule has 0 amide bonds. The molecule has 5 heterocycles. The Labute approximate surface area is 293 Å². The Kier molecular flexibility index (Phi) is 11.2. The van der Waals surface area contributed by atoms with Crippen LogP contribution >= 0.6 is 0 Å². The van der Waals surface area contributed by atoms with E-state index in [1.54, 1.807) is 6.08 Å². The lowest BCUT2D eigenvalue weighted by Gasteiger charge is -2.50. The van der Waals surface area contributed by atoms with E-state index in [0.29, 0.717) is 37.2 Å². The van der Waals surface area contributed by atoms with Crippen molar-refractivity contribution in [2.75, 3.05) is 6.61 Å². The number of epoxide rings is 1. The van der Waals surface area contributed by atoms with Crippen LogP contribution in [0.5, 0.6) is 0 Å². The summed E-state index contributed by atoms with van der Waals surface area (Å²) < 4.78 is 38.6. The zero-order chi connectivity index (χ0) is 35.0. The van der Waals surface area contributed by atoms with Crippen LogP contribution in [0.3, 0.4) is 0 Å². The first-order valence-corrected chi connectivity index (χ1v) is 19.2. The fraction of sp³-hybridized carbons (Fsp3) is 0.800. The lowest BCUT2D eigenvalue weighted by Crippen LogP contribution is -2.64. The monoisotopic (exact) mass is 684 g/mol. The van der Waals surface area contributed by atoms with Crippen LogP contribution in [0, 0.1) is 17.8 Å². The average molecular weight is 685 g/mol. The highest BCUT2D eigenvalue weighted by atomic mass is 16.7. The van der Waals surface area contributed by atoms with Gasteiger partial charge in [0.1, 0.15) is 29.8 Å². The first-order chi connectivity index (χ1) is 23.4. The van der Waals surface area contributed by atoms with E-state index >= 15 is 0 Å². The van der Waals surface area contributed by atoms with E-state index in [0.717, 1.165) is 57.8 Å². The number of carbonyl (C=O) groups excluding carboxylic acids is 2. The Morgan fingerprint density at radius 2 is 1.84 bits per heavy atom. The molecule has 0 saturated carbocycles. The van der Waals surface area contributed by atoms with Gasteiger partial charge in [0.25, 0.3) is 0 Å². The van der Waals surface area contributed by atoms with Gasteiger partial charge in [0.15, 0.2) is 17.5 Å². The number of allylic oxidation sites excluding steroid dienone is 2. The van der Waals surface area contributed by atoms with Gasteiger partial charge in [0.05, 0.1) is 18.8 Å². The van der Waals surface area contributed by atoms with Crippen molar-refractivity contribution in [2.45, 2.75) is 179 Å². The molecule has 0 aromatic carbocycles. The van der Waals surface area contributed by atoms with Crippen LogP contribution < -0.4 is 0 Å². The molecule has 1 N–H and O–H groups in total. The first kappa shape index (κ1) is 36.7. The number of esters is 2. The van der Waals surface area contributed by atoms with E-state index in [4.69, 9.17) is 28.4 Å². The van der Waals surface area contributed by atoms with Gasteiger partial charge >= 0.3 is 11.9 Å². The Morgan fingerprint density at radius 3 is 2.61 bits per heavy atom. The van der Waals surface area contributed by atoms with Crippen LogP contribution in [0.4, 0.5) is 0 Å². The molecule has 9 nitrogen and oxygen atoms in total. The number of hydrogen-bond acceptors (Lipinski definition) is 9. The number of ether oxygens (including phenoxy) is 6. The topological polar surface area (TPSA) is 113 Å². The zero-order valence-corrected chi connectivity index (χ0v) is 30.6. The summed E-state index contributed by atoms with van der Waals surface area (Å²) in [6.45, 7) is 12.8. The highest BCUT2D eigenvalue weighted by molar-refractivity contribution is 5.78. The quantitative estimate of drug-likeness (QED) is 0.124. The molecule has 6 aliphatic rings. The van der Waals surface area contributed by atoms with Crippen molar-refractivity contribution in [3.63, 3.8) is 0 Å². The average Bonchev–Trinajstić information content (AvgIpc) is 3.71. The highest BCUT2D eigenvalue weighted by Gasteiger charge is 2.80. The minimum Gasteiger partial charge on any atom is -0.462 e. The van der Waals surface area contributed by atoms with Crippen LogP contribution in [-0.2, 0) is 38.0 Å². The summed E-state index contributed by atoms with van der Waals surface area (Å²) >= 11 is 0. The van der Waals surface area contributed by atoms with E-state index in [2.05, 4.69) is 46.8 Å². The molecule has 5 aliphatic heterocycles. The number of rotatable bonds is 8. The van der Waals surface area contributed by atoms with Crippen molar-refractivity contribution in [1.29, 1.82) is 0 Å². The molecular formula is C40H60O9. The third-order valence-corrected chi connectivity index (χ3v) is 12.1. The van der Waals surface area contributed by atoms with Gasteiger partial charge in [-0.05, 0) is 63.4 Å². The van der Waals surface area contributed by atoms with Crippen molar-refractivity contribution in [3.05, 3.63) is 35.5 Å². The molecule has 274 valence electrons. The Bertz CT molecular complexity index is 1310. The van der Waals surface area contributed by atoms with E-state index in [-0.39, 0.29) is 30.7 Å². The second kappa shape index (κ2) is 14.9. The first-order valence-electron chi connectivity index (χ1n) is 19.2. The van der Waals surface area contributed by atoms with Crippen molar-refractivity contribution in [2.24, 2.45) is 17.8 Å². The van der Waals surface area contributed by atoms with Crippen molar-refractivity contribution in [3.8, 4) is 0 Å². The Balaban J connectivity index is 1.30. The normalized spacial score (nSPS) is 45.3. The van der Waals surface area contributed by atoms with Crippen LogP contribution in [0.1, 0.15) is 125 Å². The lowest BCUT2D eigenvalue weighted by atomic mass is 9.67. The minimum atomic E-state index is -1.80. The second-order valence-electron chi connectivity index (χ2n) is 16.0. The molecule has 0 aromatic rings. The maximum absolute atomic E-state index is 14.4. The van der Waals surface area contributed by atoms with Crippen molar-refractivity contribution >= 4 is 11.9 Å². The predicted molar refractivity (Wildman–Crippen MR) is 184 cm³/mol. The summed E-state index contributed by atoms with van der Waals surface area (Å²) in [5.41, 5.74) is -1.02. The molecule has 0 unspecified atom stereocenters. The molecule has 4 saturated heterocycles. The summed E-state index contributed by atoms with van der Waals surface area (Å²) in [7, 11) is 0. The predicted octanol–water partition coefficient (Wildman–Crippen LogP) is 7.05. The van der Waals surface area contributed by atoms with Crippen LogP contribution in [0.15, 0.2) is 35.5 Å². The molecule has 1 aliphatic carbocycles. The third kappa shape index (κ3) is 7.35. The number of hydrogen-bond donors (Lipinski definition) is 1.